The zero-order valence-corrected chi connectivity index (χ0v) is 13.7. The quantitative estimate of drug-likeness (QED) is 0.776. The molecule has 1 aromatic rings. The minimum atomic E-state index is -0.937. The molecule has 0 aromatic heterocycles. The third kappa shape index (κ3) is 3.90. The van der Waals surface area contributed by atoms with Crippen molar-refractivity contribution in [2.24, 2.45) is 11.3 Å². The number of carboxylic acids is 1. The van der Waals surface area contributed by atoms with E-state index in [1.165, 1.54) is 29.2 Å². The molecular formula is C17H21FN2O4. The molecule has 0 radical (unpaired) electrons. The van der Waals surface area contributed by atoms with Gasteiger partial charge in [-0.2, -0.15) is 0 Å². The highest BCUT2D eigenvalue weighted by molar-refractivity contribution is 6.09. The zero-order chi connectivity index (χ0) is 17.9. The maximum atomic E-state index is 13.0. The summed E-state index contributed by atoms with van der Waals surface area (Å²) in [6, 6.07) is 5.54. The van der Waals surface area contributed by atoms with Crippen molar-refractivity contribution in [2.45, 2.75) is 26.7 Å². The first-order chi connectivity index (χ1) is 11.2. The summed E-state index contributed by atoms with van der Waals surface area (Å²) >= 11 is 0. The van der Waals surface area contributed by atoms with Crippen molar-refractivity contribution in [1.82, 2.24) is 5.32 Å². The van der Waals surface area contributed by atoms with Gasteiger partial charge >= 0.3 is 5.97 Å². The van der Waals surface area contributed by atoms with Crippen molar-refractivity contribution in [2.75, 3.05) is 18.0 Å². The number of carbonyl (C=O) groups excluding carboxylic acids is 2. The number of carbonyl (C=O) groups is 3. The topological polar surface area (TPSA) is 86.7 Å². The number of rotatable bonds is 6. The molecule has 2 amide bonds. The van der Waals surface area contributed by atoms with Gasteiger partial charge in [-0.3, -0.25) is 14.4 Å². The predicted octanol–water partition coefficient (Wildman–Crippen LogP) is 1.80. The molecule has 0 aliphatic carbocycles. The number of benzene rings is 1. The fourth-order valence-electron chi connectivity index (χ4n) is 2.53. The van der Waals surface area contributed by atoms with Crippen LogP contribution in [0.3, 0.4) is 0 Å². The highest BCUT2D eigenvalue weighted by Gasteiger charge is 2.37. The Morgan fingerprint density at radius 3 is 2.54 bits per heavy atom. The molecule has 1 aliphatic heterocycles. The number of carboxylic acid groups (broad SMARTS) is 1. The van der Waals surface area contributed by atoms with Crippen LogP contribution in [-0.4, -0.2) is 36.0 Å². The number of amides is 2. The van der Waals surface area contributed by atoms with Crippen LogP contribution in [0.4, 0.5) is 10.1 Å². The first-order valence-corrected chi connectivity index (χ1v) is 7.80. The predicted molar refractivity (Wildman–Crippen MR) is 85.9 cm³/mol. The van der Waals surface area contributed by atoms with Gasteiger partial charge in [0.25, 0.3) is 0 Å². The average molecular weight is 336 g/mol. The van der Waals surface area contributed by atoms with Gasteiger partial charge < -0.3 is 15.3 Å². The standard InChI is InChI=1S/C17H21FN2O4/c1-17(2,16(23)24)8-9-19-14(21)13-7-10-20(15(13)22)12-5-3-11(18)4-6-12/h3-6,13H,7-10H2,1-2H3,(H,19,21)(H,23,24). The lowest BCUT2D eigenvalue weighted by Crippen LogP contribution is -2.39. The Morgan fingerprint density at radius 1 is 1.33 bits per heavy atom. The van der Waals surface area contributed by atoms with Crippen molar-refractivity contribution in [3.05, 3.63) is 30.1 Å². The molecule has 1 aliphatic rings. The molecule has 7 heteroatoms. The van der Waals surface area contributed by atoms with Crippen LogP contribution in [0.2, 0.25) is 0 Å². The third-order valence-corrected chi connectivity index (χ3v) is 4.29. The second kappa shape index (κ2) is 6.98. The van der Waals surface area contributed by atoms with Crippen molar-refractivity contribution >= 4 is 23.5 Å². The van der Waals surface area contributed by atoms with E-state index in [1.54, 1.807) is 13.8 Å². The highest BCUT2D eigenvalue weighted by Crippen LogP contribution is 2.26. The van der Waals surface area contributed by atoms with E-state index in [-0.39, 0.29) is 24.7 Å². The number of hydrogen-bond acceptors (Lipinski definition) is 3. The maximum absolute atomic E-state index is 13.0. The van der Waals surface area contributed by atoms with E-state index in [4.69, 9.17) is 5.11 Å². The van der Waals surface area contributed by atoms with E-state index in [0.29, 0.717) is 18.7 Å². The van der Waals surface area contributed by atoms with Gasteiger partial charge in [0.15, 0.2) is 0 Å². The molecule has 1 heterocycles. The molecule has 1 saturated heterocycles. The molecule has 0 bridgehead atoms. The molecule has 1 unspecified atom stereocenters. The largest absolute Gasteiger partial charge is 0.481 e. The lowest BCUT2D eigenvalue weighted by molar-refractivity contribution is -0.147. The number of hydrogen-bond donors (Lipinski definition) is 2. The number of nitrogens with one attached hydrogen (secondary N) is 1. The average Bonchev–Trinajstić information content (AvgIpc) is 2.89. The van der Waals surface area contributed by atoms with Crippen LogP contribution in [0.15, 0.2) is 24.3 Å². The number of aliphatic carboxylic acids is 1. The van der Waals surface area contributed by atoms with Crippen LogP contribution < -0.4 is 10.2 Å². The lowest BCUT2D eigenvalue weighted by atomic mass is 9.89. The molecule has 1 fully saturated rings. The fourth-order valence-corrected chi connectivity index (χ4v) is 2.53. The first-order valence-electron chi connectivity index (χ1n) is 7.80. The van der Waals surface area contributed by atoms with Crippen LogP contribution in [0.1, 0.15) is 26.7 Å². The van der Waals surface area contributed by atoms with E-state index in [9.17, 15) is 18.8 Å². The molecular weight excluding hydrogens is 315 g/mol. The van der Waals surface area contributed by atoms with Gasteiger partial charge in [0.05, 0.1) is 5.41 Å². The first kappa shape index (κ1) is 17.9. The molecule has 1 aromatic carbocycles. The summed E-state index contributed by atoms with van der Waals surface area (Å²) in [5.41, 5.74) is -0.378. The van der Waals surface area contributed by atoms with Gasteiger partial charge in [-0.05, 0) is 51.0 Å². The van der Waals surface area contributed by atoms with E-state index in [2.05, 4.69) is 5.32 Å². The Kier molecular flexibility index (Phi) is 5.21. The summed E-state index contributed by atoms with van der Waals surface area (Å²) in [6.07, 6.45) is 0.654. The van der Waals surface area contributed by atoms with E-state index in [1.807, 2.05) is 0 Å². The normalized spacial score (nSPS) is 17.9. The SMILES string of the molecule is CC(C)(CCNC(=O)C1CCN(c2ccc(F)cc2)C1=O)C(=O)O. The van der Waals surface area contributed by atoms with Crippen LogP contribution >= 0.6 is 0 Å². The molecule has 130 valence electrons. The van der Waals surface area contributed by atoms with Crippen LogP contribution in [0, 0.1) is 17.2 Å². The minimum absolute atomic E-state index is 0.193. The minimum Gasteiger partial charge on any atom is -0.481 e. The molecule has 2 N–H and O–H groups in total. The van der Waals surface area contributed by atoms with Crippen LogP contribution in [-0.2, 0) is 14.4 Å². The Hall–Kier alpha value is -2.44. The summed E-state index contributed by atoms with van der Waals surface area (Å²) < 4.78 is 13.0. The lowest BCUT2D eigenvalue weighted by Gasteiger charge is -2.20. The van der Waals surface area contributed by atoms with Crippen molar-refractivity contribution in [3.63, 3.8) is 0 Å². The van der Waals surface area contributed by atoms with Crippen molar-refractivity contribution in [3.8, 4) is 0 Å². The Balaban J connectivity index is 1.91. The van der Waals surface area contributed by atoms with Crippen LogP contribution in [0.5, 0.6) is 0 Å². The molecule has 0 spiro atoms. The summed E-state index contributed by atoms with van der Waals surface area (Å²) in [5.74, 6) is -2.83. The highest BCUT2D eigenvalue weighted by atomic mass is 19.1. The van der Waals surface area contributed by atoms with E-state index >= 15 is 0 Å². The molecule has 24 heavy (non-hydrogen) atoms. The van der Waals surface area contributed by atoms with Gasteiger partial charge in [-0.25, -0.2) is 4.39 Å². The second-order valence-corrected chi connectivity index (χ2v) is 6.54. The smallest absolute Gasteiger partial charge is 0.309 e. The summed E-state index contributed by atoms with van der Waals surface area (Å²) in [5, 5.41) is 11.7. The monoisotopic (exact) mass is 336 g/mol. The number of anilines is 1. The number of nitrogens with zero attached hydrogens (tertiary/aromatic N) is 1. The third-order valence-electron chi connectivity index (χ3n) is 4.29. The second-order valence-electron chi connectivity index (χ2n) is 6.54. The van der Waals surface area contributed by atoms with Gasteiger partial charge in [-0.15, -0.1) is 0 Å². The zero-order valence-electron chi connectivity index (χ0n) is 13.7. The van der Waals surface area contributed by atoms with E-state index < -0.39 is 23.2 Å². The summed E-state index contributed by atoms with van der Waals surface area (Å²) in [4.78, 5) is 37.0. The Bertz CT molecular complexity index is 642. The van der Waals surface area contributed by atoms with Gasteiger partial charge in [0.1, 0.15) is 11.7 Å². The van der Waals surface area contributed by atoms with Gasteiger partial charge in [0.2, 0.25) is 11.8 Å². The van der Waals surface area contributed by atoms with Gasteiger partial charge in [-0.1, -0.05) is 0 Å². The molecule has 0 saturated carbocycles. The molecule has 1 atom stereocenters. The maximum Gasteiger partial charge on any atom is 0.309 e. The van der Waals surface area contributed by atoms with Gasteiger partial charge in [0, 0.05) is 18.8 Å². The van der Waals surface area contributed by atoms with E-state index in [0.717, 1.165) is 0 Å². The summed E-state index contributed by atoms with van der Waals surface area (Å²) in [6.45, 7) is 3.75. The molecule has 6 nitrogen and oxygen atoms in total. The van der Waals surface area contributed by atoms with Crippen LogP contribution in [0.25, 0.3) is 0 Å². The summed E-state index contributed by atoms with van der Waals surface area (Å²) in [7, 11) is 0. The van der Waals surface area contributed by atoms with Crippen molar-refractivity contribution in [1.29, 1.82) is 0 Å². The van der Waals surface area contributed by atoms with Crippen molar-refractivity contribution < 1.29 is 23.9 Å². The Morgan fingerprint density at radius 2 is 1.96 bits per heavy atom. The Labute approximate surface area is 139 Å². The fraction of sp³-hybridized carbons (Fsp3) is 0.471. The number of halogens is 1. The molecule has 2 rings (SSSR count).